The van der Waals surface area contributed by atoms with Crippen molar-refractivity contribution in [2.45, 2.75) is 91.8 Å². The lowest BCUT2D eigenvalue weighted by molar-refractivity contribution is 0.160. The molecule has 0 bridgehead atoms. The zero-order valence-electron chi connectivity index (χ0n) is 16.3. The maximum atomic E-state index is 6.20. The Bertz CT molecular complexity index is 400. The fraction of sp³-hybridized carbons (Fsp3) is 0.900. The molecule has 0 aromatic rings. The molecule has 1 saturated carbocycles. The smallest absolute Gasteiger partial charge is 0.192 e. The molecule has 0 aromatic heterocycles. The monoisotopic (exact) mass is 322 g/mol. The summed E-state index contributed by atoms with van der Waals surface area (Å²) < 4.78 is 6.20. The SMILES string of the molecule is CC(C)(C)[C@@H]1CCC[C@H](C#CCCO[Si](C)(C)C(C)(C)C)C1. The van der Waals surface area contributed by atoms with E-state index < -0.39 is 8.32 Å². The lowest BCUT2D eigenvalue weighted by Gasteiger charge is -2.36. The standard InChI is InChI=1S/C20H38OSi/c1-19(2,3)18-14-11-13-17(16-18)12-9-10-15-21-22(7,8)20(4,5)6/h17-18H,10-11,13-16H2,1-8H3/t17-,18+/m0/s1. The molecule has 0 amide bonds. The second-order valence-electron chi connectivity index (χ2n) is 9.61. The second kappa shape index (κ2) is 7.54. The third-order valence-corrected chi connectivity index (χ3v) is 10.2. The quantitative estimate of drug-likeness (QED) is 0.339. The Labute approximate surface area is 140 Å². The molecule has 0 unspecified atom stereocenters. The van der Waals surface area contributed by atoms with Crippen LogP contribution in [0.3, 0.4) is 0 Å². The Kier molecular flexibility index (Phi) is 6.78. The Hall–Kier alpha value is -0.263. The minimum Gasteiger partial charge on any atom is -0.416 e. The molecule has 0 heterocycles. The summed E-state index contributed by atoms with van der Waals surface area (Å²) in [6.45, 7) is 19.4. The first-order valence-electron chi connectivity index (χ1n) is 9.06. The van der Waals surface area contributed by atoms with Crippen molar-refractivity contribution in [1.29, 1.82) is 0 Å². The Morgan fingerprint density at radius 3 is 2.23 bits per heavy atom. The topological polar surface area (TPSA) is 9.23 Å². The van der Waals surface area contributed by atoms with Crippen molar-refractivity contribution in [2.75, 3.05) is 6.61 Å². The van der Waals surface area contributed by atoms with Gasteiger partial charge in [0.1, 0.15) is 0 Å². The van der Waals surface area contributed by atoms with Crippen molar-refractivity contribution >= 4 is 8.32 Å². The summed E-state index contributed by atoms with van der Waals surface area (Å²) in [5.74, 6) is 8.39. The van der Waals surface area contributed by atoms with Gasteiger partial charge in [0.25, 0.3) is 0 Å². The van der Waals surface area contributed by atoms with Crippen LogP contribution in [0, 0.1) is 29.1 Å². The van der Waals surface area contributed by atoms with Gasteiger partial charge in [0.15, 0.2) is 8.32 Å². The molecule has 128 valence electrons. The highest BCUT2D eigenvalue weighted by Gasteiger charge is 2.36. The van der Waals surface area contributed by atoms with Crippen molar-refractivity contribution in [3.63, 3.8) is 0 Å². The predicted octanol–water partition coefficient (Wildman–Crippen LogP) is 6.25. The molecular weight excluding hydrogens is 284 g/mol. The lowest BCUT2D eigenvalue weighted by Crippen LogP contribution is -2.40. The van der Waals surface area contributed by atoms with Crippen LogP contribution in [-0.2, 0) is 4.43 Å². The van der Waals surface area contributed by atoms with E-state index in [4.69, 9.17) is 4.43 Å². The van der Waals surface area contributed by atoms with Crippen molar-refractivity contribution in [1.82, 2.24) is 0 Å². The Morgan fingerprint density at radius 2 is 1.68 bits per heavy atom. The van der Waals surface area contributed by atoms with Crippen LogP contribution in [0.2, 0.25) is 18.1 Å². The maximum Gasteiger partial charge on any atom is 0.192 e. The summed E-state index contributed by atoms with van der Waals surface area (Å²) in [5, 5.41) is 0.295. The fourth-order valence-corrected chi connectivity index (χ4v) is 3.94. The van der Waals surface area contributed by atoms with Gasteiger partial charge in [-0.25, -0.2) is 0 Å². The largest absolute Gasteiger partial charge is 0.416 e. The van der Waals surface area contributed by atoms with E-state index in [2.05, 4.69) is 66.5 Å². The molecule has 1 rings (SSSR count). The van der Waals surface area contributed by atoms with Crippen molar-refractivity contribution < 1.29 is 4.43 Å². The first kappa shape index (κ1) is 19.8. The van der Waals surface area contributed by atoms with Gasteiger partial charge in [-0.15, -0.1) is 5.92 Å². The first-order chi connectivity index (χ1) is 9.93. The van der Waals surface area contributed by atoms with E-state index in [0.717, 1.165) is 18.9 Å². The normalized spacial score (nSPS) is 23.8. The molecule has 0 N–H and O–H groups in total. The van der Waals surface area contributed by atoms with Gasteiger partial charge in [-0.1, -0.05) is 53.9 Å². The van der Waals surface area contributed by atoms with Gasteiger partial charge in [0.05, 0.1) is 0 Å². The van der Waals surface area contributed by atoms with Crippen LogP contribution in [0.5, 0.6) is 0 Å². The van der Waals surface area contributed by atoms with Crippen LogP contribution in [0.4, 0.5) is 0 Å². The Morgan fingerprint density at radius 1 is 1.05 bits per heavy atom. The summed E-state index contributed by atoms with van der Waals surface area (Å²) in [7, 11) is -1.60. The predicted molar refractivity (Wildman–Crippen MR) is 100 cm³/mol. The molecule has 22 heavy (non-hydrogen) atoms. The lowest BCUT2D eigenvalue weighted by atomic mass is 9.69. The maximum absolute atomic E-state index is 6.20. The Balaban J connectivity index is 2.39. The molecule has 1 aliphatic carbocycles. The van der Waals surface area contributed by atoms with Gasteiger partial charge in [-0.05, 0) is 48.7 Å². The summed E-state index contributed by atoms with van der Waals surface area (Å²) in [6, 6.07) is 0. The highest BCUT2D eigenvalue weighted by molar-refractivity contribution is 6.74. The molecule has 1 aliphatic rings. The van der Waals surface area contributed by atoms with E-state index in [1.54, 1.807) is 0 Å². The molecule has 0 spiro atoms. The molecule has 0 saturated heterocycles. The molecule has 0 aromatic carbocycles. The average Bonchev–Trinajstić information content (AvgIpc) is 2.36. The third-order valence-electron chi connectivity index (χ3n) is 5.70. The van der Waals surface area contributed by atoms with E-state index >= 15 is 0 Å². The number of hydrogen-bond donors (Lipinski definition) is 0. The minimum absolute atomic E-state index is 0.295. The zero-order chi connectivity index (χ0) is 17.0. The van der Waals surface area contributed by atoms with E-state index in [0.29, 0.717) is 16.4 Å². The minimum atomic E-state index is -1.60. The number of rotatable bonds is 3. The fourth-order valence-electron chi connectivity index (χ4n) is 2.90. The van der Waals surface area contributed by atoms with Gasteiger partial charge >= 0.3 is 0 Å². The second-order valence-corrected chi connectivity index (χ2v) is 14.4. The van der Waals surface area contributed by atoms with E-state index in [-0.39, 0.29) is 0 Å². The molecular formula is C20H38OSi. The summed E-state index contributed by atoms with van der Waals surface area (Å²) >= 11 is 0. The van der Waals surface area contributed by atoms with E-state index in [1.165, 1.54) is 25.7 Å². The van der Waals surface area contributed by atoms with Gasteiger partial charge in [0, 0.05) is 18.9 Å². The third kappa shape index (κ3) is 6.09. The van der Waals surface area contributed by atoms with Gasteiger partial charge in [0.2, 0.25) is 0 Å². The van der Waals surface area contributed by atoms with Gasteiger partial charge < -0.3 is 4.43 Å². The number of hydrogen-bond acceptors (Lipinski definition) is 1. The van der Waals surface area contributed by atoms with Crippen LogP contribution in [0.1, 0.15) is 73.6 Å². The van der Waals surface area contributed by atoms with Gasteiger partial charge in [-0.3, -0.25) is 0 Å². The highest BCUT2D eigenvalue weighted by atomic mass is 28.4. The molecule has 0 aliphatic heterocycles. The van der Waals surface area contributed by atoms with Crippen LogP contribution < -0.4 is 0 Å². The molecule has 1 fully saturated rings. The van der Waals surface area contributed by atoms with Crippen molar-refractivity contribution in [3.8, 4) is 11.8 Å². The van der Waals surface area contributed by atoms with Gasteiger partial charge in [-0.2, -0.15) is 0 Å². The van der Waals surface area contributed by atoms with E-state index in [9.17, 15) is 0 Å². The summed E-state index contributed by atoms with van der Waals surface area (Å²) in [6.07, 6.45) is 6.21. The van der Waals surface area contributed by atoms with Crippen LogP contribution in [0.15, 0.2) is 0 Å². The summed E-state index contributed by atoms with van der Waals surface area (Å²) in [5.41, 5.74) is 0.436. The molecule has 2 heteroatoms. The summed E-state index contributed by atoms with van der Waals surface area (Å²) in [4.78, 5) is 0. The van der Waals surface area contributed by atoms with E-state index in [1.807, 2.05) is 0 Å². The molecule has 1 nitrogen and oxygen atoms in total. The molecule has 0 radical (unpaired) electrons. The van der Waals surface area contributed by atoms with Crippen LogP contribution >= 0.6 is 0 Å². The first-order valence-corrected chi connectivity index (χ1v) is 12.0. The van der Waals surface area contributed by atoms with Crippen LogP contribution in [-0.4, -0.2) is 14.9 Å². The highest BCUT2D eigenvalue weighted by Crippen LogP contribution is 2.40. The molecule has 2 atom stereocenters. The average molecular weight is 323 g/mol. The van der Waals surface area contributed by atoms with Crippen LogP contribution in [0.25, 0.3) is 0 Å². The zero-order valence-corrected chi connectivity index (χ0v) is 17.3. The van der Waals surface area contributed by atoms with Crippen molar-refractivity contribution in [2.24, 2.45) is 17.3 Å². The van der Waals surface area contributed by atoms with Crippen molar-refractivity contribution in [3.05, 3.63) is 0 Å².